The van der Waals surface area contributed by atoms with Gasteiger partial charge in [0.15, 0.2) is 0 Å². The van der Waals surface area contributed by atoms with Gasteiger partial charge in [0.05, 0.1) is 12.7 Å². The van der Waals surface area contributed by atoms with Gasteiger partial charge in [-0.05, 0) is 19.1 Å². The van der Waals surface area contributed by atoms with Gasteiger partial charge < -0.3 is 20.3 Å². The van der Waals surface area contributed by atoms with Crippen molar-refractivity contribution in [3.8, 4) is 0 Å². The van der Waals surface area contributed by atoms with Crippen LogP contribution in [-0.2, 0) is 9.53 Å². The molecule has 0 unspecified atom stereocenters. The lowest BCUT2D eigenvalue weighted by atomic mass is 10.3. The lowest BCUT2D eigenvalue weighted by Gasteiger charge is -2.36. The van der Waals surface area contributed by atoms with E-state index in [1.165, 1.54) is 6.08 Å². The van der Waals surface area contributed by atoms with Crippen LogP contribution < -0.4 is 10.6 Å². The van der Waals surface area contributed by atoms with Crippen LogP contribution in [-0.4, -0.2) is 48.6 Å². The molecule has 7 heteroatoms. The summed E-state index contributed by atoms with van der Waals surface area (Å²) in [5.41, 5.74) is 5.92. The first-order chi connectivity index (χ1) is 10.1. The third-order valence-corrected chi connectivity index (χ3v) is 3.43. The molecule has 0 aromatic carbocycles. The van der Waals surface area contributed by atoms with Crippen molar-refractivity contribution in [2.75, 3.05) is 37.7 Å². The van der Waals surface area contributed by atoms with Crippen molar-refractivity contribution in [3.05, 3.63) is 35.2 Å². The third-order valence-electron chi connectivity index (χ3n) is 3.22. The normalized spacial score (nSPS) is 16.0. The van der Waals surface area contributed by atoms with E-state index in [0.29, 0.717) is 17.6 Å². The Morgan fingerprint density at radius 1 is 1.43 bits per heavy atom. The van der Waals surface area contributed by atoms with Gasteiger partial charge in [0.2, 0.25) is 0 Å². The quantitative estimate of drug-likeness (QED) is 0.512. The van der Waals surface area contributed by atoms with E-state index in [-0.39, 0.29) is 0 Å². The lowest BCUT2D eigenvalue weighted by Crippen LogP contribution is -2.47. The van der Waals surface area contributed by atoms with Crippen LogP contribution in [0.1, 0.15) is 6.92 Å². The van der Waals surface area contributed by atoms with Crippen LogP contribution in [0.2, 0.25) is 5.15 Å². The van der Waals surface area contributed by atoms with E-state index < -0.39 is 5.97 Å². The van der Waals surface area contributed by atoms with Gasteiger partial charge in [-0.1, -0.05) is 17.7 Å². The molecule has 0 atom stereocenters. The van der Waals surface area contributed by atoms with E-state index in [1.54, 1.807) is 13.0 Å². The highest BCUT2D eigenvalue weighted by Crippen LogP contribution is 2.17. The molecule has 2 rings (SSSR count). The summed E-state index contributed by atoms with van der Waals surface area (Å²) in [6.45, 7) is 5.08. The summed E-state index contributed by atoms with van der Waals surface area (Å²) in [6, 6.07) is 5.56. The number of halogens is 1. The summed E-state index contributed by atoms with van der Waals surface area (Å²) >= 11 is 5.90. The molecule has 0 radical (unpaired) electrons. The number of carbonyl (C=O) groups is 1. The number of piperazine rings is 1. The van der Waals surface area contributed by atoms with Gasteiger partial charge >= 0.3 is 5.97 Å². The van der Waals surface area contributed by atoms with Crippen molar-refractivity contribution in [3.63, 3.8) is 0 Å². The number of rotatable bonds is 4. The number of nitrogens with zero attached hydrogens (tertiary/aromatic N) is 3. The topological polar surface area (TPSA) is 71.7 Å². The molecule has 1 aromatic heterocycles. The smallest absolute Gasteiger partial charge is 0.334 e. The Bertz CT molecular complexity index is 527. The van der Waals surface area contributed by atoms with E-state index in [9.17, 15) is 4.79 Å². The average molecular weight is 311 g/mol. The van der Waals surface area contributed by atoms with Gasteiger partial charge in [-0.25, -0.2) is 9.78 Å². The van der Waals surface area contributed by atoms with Gasteiger partial charge in [-0.2, -0.15) is 0 Å². The minimum atomic E-state index is -0.408. The fraction of sp³-hybridized carbons (Fsp3) is 0.429. The second-order valence-corrected chi connectivity index (χ2v) is 5.00. The predicted molar refractivity (Wildman–Crippen MR) is 81.9 cm³/mol. The minimum absolute atomic E-state index is 0.344. The maximum absolute atomic E-state index is 11.4. The van der Waals surface area contributed by atoms with Crippen LogP contribution in [0.3, 0.4) is 0 Å². The SMILES string of the molecule is CCOC(=O)/C=C(/N)N1CCN(c2cccc(Cl)n2)CC1. The average Bonchev–Trinajstić information content (AvgIpc) is 2.47. The second kappa shape index (κ2) is 7.17. The third kappa shape index (κ3) is 4.26. The maximum Gasteiger partial charge on any atom is 0.334 e. The van der Waals surface area contributed by atoms with E-state index >= 15 is 0 Å². The van der Waals surface area contributed by atoms with Gasteiger partial charge in [-0.15, -0.1) is 0 Å². The number of ether oxygens (including phenoxy) is 1. The molecule has 0 bridgehead atoms. The van der Waals surface area contributed by atoms with Crippen LogP contribution in [0.15, 0.2) is 30.1 Å². The summed E-state index contributed by atoms with van der Waals surface area (Å²) in [5, 5.41) is 0.483. The molecule has 1 saturated heterocycles. The molecule has 0 aliphatic carbocycles. The Morgan fingerprint density at radius 3 is 2.76 bits per heavy atom. The van der Waals surface area contributed by atoms with Gasteiger partial charge in [0.25, 0.3) is 0 Å². The van der Waals surface area contributed by atoms with Crippen molar-refractivity contribution in [1.82, 2.24) is 9.88 Å². The molecule has 2 heterocycles. The maximum atomic E-state index is 11.4. The van der Waals surface area contributed by atoms with E-state index in [0.717, 1.165) is 32.0 Å². The first-order valence-electron chi connectivity index (χ1n) is 6.86. The molecule has 0 amide bonds. The number of nitrogens with two attached hydrogens (primary N) is 1. The summed E-state index contributed by atoms with van der Waals surface area (Å²) < 4.78 is 4.85. The number of pyridine rings is 1. The molecule has 1 fully saturated rings. The molecule has 0 saturated carbocycles. The minimum Gasteiger partial charge on any atom is -0.463 e. The molecule has 114 valence electrons. The van der Waals surface area contributed by atoms with Crippen molar-refractivity contribution < 1.29 is 9.53 Å². The number of hydrogen-bond donors (Lipinski definition) is 1. The van der Waals surface area contributed by atoms with Gasteiger partial charge in [0.1, 0.15) is 16.8 Å². The number of aromatic nitrogens is 1. The van der Waals surface area contributed by atoms with Crippen LogP contribution in [0.4, 0.5) is 5.82 Å². The van der Waals surface area contributed by atoms with E-state index in [2.05, 4.69) is 9.88 Å². The zero-order chi connectivity index (χ0) is 15.2. The molecule has 2 N–H and O–H groups in total. The Kier molecular flexibility index (Phi) is 5.27. The molecule has 1 aliphatic heterocycles. The Labute approximate surface area is 129 Å². The van der Waals surface area contributed by atoms with Crippen molar-refractivity contribution in [2.45, 2.75) is 6.92 Å². The first-order valence-corrected chi connectivity index (χ1v) is 7.24. The monoisotopic (exact) mass is 310 g/mol. The number of hydrogen-bond acceptors (Lipinski definition) is 6. The second-order valence-electron chi connectivity index (χ2n) is 4.61. The van der Waals surface area contributed by atoms with Crippen LogP contribution in [0, 0.1) is 0 Å². The van der Waals surface area contributed by atoms with Gasteiger partial charge in [-0.3, -0.25) is 0 Å². The van der Waals surface area contributed by atoms with Crippen LogP contribution >= 0.6 is 11.6 Å². The molecule has 21 heavy (non-hydrogen) atoms. The molecular weight excluding hydrogens is 292 g/mol. The zero-order valence-corrected chi connectivity index (χ0v) is 12.7. The summed E-state index contributed by atoms with van der Waals surface area (Å²) in [7, 11) is 0. The van der Waals surface area contributed by atoms with Crippen LogP contribution in [0.25, 0.3) is 0 Å². The fourth-order valence-electron chi connectivity index (χ4n) is 2.16. The molecule has 1 aromatic rings. The highest BCUT2D eigenvalue weighted by molar-refractivity contribution is 6.29. The summed E-state index contributed by atoms with van der Waals surface area (Å²) in [5.74, 6) is 0.885. The molecular formula is C14H19ClN4O2. The molecule has 6 nitrogen and oxygen atoms in total. The zero-order valence-electron chi connectivity index (χ0n) is 12.0. The highest BCUT2D eigenvalue weighted by atomic mass is 35.5. The van der Waals surface area contributed by atoms with Gasteiger partial charge in [0, 0.05) is 26.2 Å². The Balaban J connectivity index is 1.92. The number of carbonyl (C=O) groups excluding carboxylic acids is 1. The number of anilines is 1. The molecule has 0 spiro atoms. The fourth-order valence-corrected chi connectivity index (χ4v) is 2.32. The first kappa shape index (κ1) is 15.4. The Morgan fingerprint density at radius 2 is 2.14 bits per heavy atom. The molecule has 1 aliphatic rings. The lowest BCUT2D eigenvalue weighted by molar-refractivity contribution is -0.137. The predicted octanol–water partition coefficient (Wildman–Crippen LogP) is 1.22. The van der Waals surface area contributed by atoms with E-state index in [1.807, 2.05) is 17.0 Å². The highest BCUT2D eigenvalue weighted by Gasteiger charge is 2.19. The summed E-state index contributed by atoms with van der Waals surface area (Å²) in [6.07, 6.45) is 1.33. The van der Waals surface area contributed by atoms with Crippen molar-refractivity contribution in [1.29, 1.82) is 0 Å². The van der Waals surface area contributed by atoms with Crippen molar-refractivity contribution >= 4 is 23.4 Å². The van der Waals surface area contributed by atoms with E-state index in [4.69, 9.17) is 22.1 Å². The van der Waals surface area contributed by atoms with Crippen molar-refractivity contribution in [2.24, 2.45) is 5.73 Å². The standard InChI is InChI=1S/C14H19ClN4O2/c1-2-21-14(20)10-12(16)18-6-8-19(9-7-18)13-5-3-4-11(15)17-13/h3-5,10H,2,6-9,16H2,1H3/b12-10-. The van der Waals surface area contributed by atoms with Crippen LogP contribution in [0.5, 0.6) is 0 Å². The Hall–Kier alpha value is -1.95. The number of esters is 1. The largest absolute Gasteiger partial charge is 0.463 e. The summed E-state index contributed by atoms with van der Waals surface area (Å²) in [4.78, 5) is 19.8.